The van der Waals surface area contributed by atoms with Gasteiger partial charge in [-0.25, -0.2) is 0 Å². The van der Waals surface area contributed by atoms with E-state index in [1.54, 1.807) is 0 Å². The molecule has 0 bridgehead atoms. The molecule has 0 spiro atoms. The fourth-order valence-electron chi connectivity index (χ4n) is 3.41. The second-order valence-corrected chi connectivity index (χ2v) is 8.00. The van der Waals surface area contributed by atoms with E-state index in [-0.39, 0.29) is 0 Å². The molecule has 0 amide bonds. The Kier molecular flexibility index (Phi) is 6.87. The van der Waals surface area contributed by atoms with Crippen molar-refractivity contribution in [2.75, 3.05) is 63.3 Å². The second-order valence-electron chi connectivity index (χ2n) is 6.78. The number of nitrogens with zero attached hydrogens (tertiary/aromatic N) is 3. The van der Waals surface area contributed by atoms with Gasteiger partial charge >= 0.3 is 0 Å². The first kappa shape index (κ1) is 18.4. The topological polar surface area (TPSA) is 40.1 Å². The highest BCUT2D eigenvalue weighted by atomic mass is 32.2. The minimum Gasteiger partial charge on any atom is -0.381 e. The van der Waals surface area contributed by atoms with Crippen LogP contribution < -0.4 is 10.2 Å². The first-order valence-corrected chi connectivity index (χ1v) is 10.3. The number of anilines is 1. The summed E-state index contributed by atoms with van der Waals surface area (Å²) in [6.07, 6.45) is 1.15. The van der Waals surface area contributed by atoms with Gasteiger partial charge in [0.25, 0.3) is 0 Å². The summed E-state index contributed by atoms with van der Waals surface area (Å²) in [6.45, 7) is 5.87. The molecule has 0 radical (unpaired) electrons. The number of hydrogen-bond acceptors (Lipinski definition) is 4. The molecule has 2 aliphatic rings. The van der Waals surface area contributed by atoms with Crippen LogP contribution in [0.1, 0.15) is 12.0 Å². The highest BCUT2D eigenvalue weighted by Gasteiger charge is 2.19. The second kappa shape index (κ2) is 9.34. The van der Waals surface area contributed by atoms with Gasteiger partial charge in [0.1, 0.15) is 0 Å². The Hall–Kier alpha value is -1.40. The summed E-state index contributed by atoms with van der Waals surface area (Å²) in [4.78, 5) is 9.10. The van der Waals surface area contributed by atoms with Crippen LogP contribution in [0.2, 0.25) is 0 Å². The van der Waals surface area contributed by atoms with Crippen LogP contribution in [0.4, 0.5) is 5.69 Å². The third-order valence-corrected chi connectivity index (χ3v) is 5.84. The monoisotopic (exact) mass is 362 g/mol. The molecule has 5 nitrogen and oxygen atoms in total. The van der Waals surface area contributed by atoms with Gasteiger partial charge in [0.15, 0.2) is 5.96 Å². The number of hydrogen-bond donors (Lipinski definition) is 1. The molecule has 25 heavy (non-hydrogen) atoms. The van der Waals surface area contributed by atoms with E-state index < -0.39 is 0 Å². The highest BCUT2D eigenvalue weighted by molar-refractivity contribution is 7.99. The van der Waals surface area contributed by atoms with Crippen LogP contribution in [-0.4, -0.2) is 69.3 Å². The summed E-state index contributed by atoms with van der Waals surface area (Å²) in [6, 6.07) is 8.94. The zero-order valence-corrected chi connectivity index (χ0v) is 16.2. The van der Waals surface area contributed by atoms with E-state index in [1.165, 1.54) is 22.8 Å². The summed E-state index contributed by atoms with van der Waals surface area (Å²) in [5, 5.41) is 3.48. The van der Waals surface area contributed by atoms with Gasteiger partial charge in [-0.15, -0.1) is 0 Å². The van der Waals surface area contributed by atoms with E-state index in [4.69, 9.17) is 4.74 Å². The van der Waals surface area contributed by atoms with Gasteiger partial charge in [-0.2, -0.15) is 11.8 Å². The molecule has 6 heteroatoms. The van der Waals surface area contributed by atoms with Crippen molar-refractivity contribution in [1.29, 1.82) is 0 Å². The Morgan fingerprint density at radius 3 is 2.72 bits per heavy atom. The SMILES string of the molecule is CN=C(NCc1ccc(N2CCSCC2)cc1)N(C)CC1CCOC1. The fourth-order valence-corrected chi connectivity index (χ4v) is 4.32. The van der Waals surface area contributed by atoms with Crippen molar-refractivity contribution in [2.24, 2.45) is 10.9 Å². The van der Waals surface area contributed by atoms with Crippen molar-refractivity contribution in [3.05, 3.63) is 29.8 Å². The third kappa shape index (κ3) is 5.28. The molecular weight excluding hydrogens is 332 g/mol. The van der Waals surface area contributed by atoms with Gasteiger partial charge in [-0.1, -0.05) is 12.1 Å². The minimum atomic E-state index is 0.616. The van der Waals surface area contributed by atoms with Crippen molar-refractivity contribution in [3.8, 4) is 0 Å². The Morgan fingerprint density at radius 1 is 1.32 bits per heavy atom. The number of nitrogens with one attached hydrogen (secondary N) is 1. The number of guanidine groups is 1. The van der Waals surface area contributed by atoms with Gasteiger partial charge in [0.2, 0.25) is 0 Å². The Bertz CT molecular complexity index is 551. The number of aliphatic imine (C=N–C) groups is 1. The lowest BCUT2D eigenvalue weighted by Crippen LogP contribution is -2.41. The van der Waals surface area contributed by atoms with Gasteiger partial charge in [0, 0.05) is 70.0 Å². The minimum absolute atomic E-state index is 0.616. The van der Waals surface area contributed by atoms with Crippen LogP contribution in [0.3, 0.4) is 0 Å². The summed E-state index contributed by atoms with van der Waals surface area (Å²) < 4.78 is 5.47. The first-order valence-electron chi connectivity index (χ1n) is 9.17. The summed E-state index contributed by atoms with van der Waals surface area (Å²) >= 11 is 2.05. The normalized spacial score (nSPS) is 21.4. The van der Waals surface area contributed by atoms with E-state index in [2.05, 4.69) is 51.4 Å². The Balaban J connectivity index is 1.49. The Morgan fingerprint density at radius 2 is 2.08 bits per heavy atom. The number of ether oxygens (including phenoxy) is 1. The molecule has 1 aromatic rings. The molecule has 0 saturated carbocycles. The predicted molar refractivity (Wildman–Crippen MR) is 108 cm³/mol. The van der Waals surface area contributed by atoms with Crippen LogP contribution in [0.15, 0.2) is 29.3 Å². The van der Waals surface area contributed by atoms with E-state index >= 15 is 0 Å². The lowest BCUT2D eigenvalue weighted by molar-refractivity contribution is 0.181. The largest absolute Gasteiger partial charge is 0.381 e. The molecule has 2 heterocycles. The molecule has 1 aromatic carbocycles. The van der Waals surface area contributed by atoms with Crippen LogP contribution >= 0.6 is 11.8 Å². The molecule has 2 aliphatic heterocycles. The van der Waals surface area contributed by atoms with Crippen LogP contribution in [0.5, 0.6) is 0 Å². The lowest BCUT2D eigenvalue weighted by Gasteiger charge is -2.28. The molecular formula is C19H30N4OS. The van der Waals surface area contributed by atoms with Crippen molar-refractivity contribution >= 4 is 23.4 Å². The molecule has 1 unspecified atom stereocenters. The Labute approximate surface area is 155 Å². The van der Waals surface area contributed by atoms with Crippen molar-refractivity contribution in [3.63, 3.8) is 0 Å². The molecule has 138 valence electrons. The van der Waals surface area contributed by atoms with E-state index in [0.717, 1.165) is 51.8 Å². The average molecular weight is 363 g/mol. The maximum absolute atomic E-state index is 5.47. The van der Waals surface area contributed by atoms with Gasteiger partial charge in [0.05, 0.1) is 6.61 Å². The third-order valence-electron chi connectivity index (χ3n) is 4.89. The van der Waals surface area contributed by atoms with Gasteiger partial charge in [-0.3, -0.25) is 4.99 Å². The molecule has 0 aliphatic carbocycles. The summed E-state index contributed by atoms with van der Waals surface area (Å²) in [5.74, 6) is 4.03. The van der Waals surface area contributed by atoms with Crippen molar-refractivity contribution in [1.82, 2.24) is 10.2 Å². The zero-order valence-electron chi connectivity index (χ0n) is 15.4. The number of rotatable bonds is 5. The lowest BCUT2D eigenvalue weighted by atomic mass is 10.1. The van der Waals surface area contributed by atoms with Crippen molar-refractivity contribution < 1.29 is 4.74 Å². The molecule has 1 N–H and O–H groups in total. The maximum Gasteiger partial charge on any atom is 0.193 e. The highest BCUT2D eigenvalue weighted by Crippen LogP contribution is 2.20. The quantitative estimate of drug-likeness (QED) is 0.643. The first-order chi connectivity index (χ1) is 12.3. The zero-order chi connectivity index (χ0) is 17.5. The van der Waals surface area contributed by atoms with Crippen molar-refractivity contribution in [2.45, 2.75) is 13.0 Å². The summed E-state index contributed by atoms with van der Waals surface area (Å²) in [7, 11) is 3.95. The van der Waals surface area contributed by atoms with Gasteiger partial charge < -0.3 is 19.9 Å². The molecule has 2 fully saturated rings. The molecule has 2 saturated heterocycles. The van der Waals surface area contributed by atoms with Crippen LogP contribution in [0, 0.1) is 5.92 Å². The number of benzene rings is 1. The van der Waals surface area contributed by atoms with E-state index in [0.29, 0.717) is 5.92 Å². The van der Waals surface area contributed by atoms with Crippen LogP contribution in [-0.2, 0) is 11.3 Å². The van der Waals surface area contributed by atoms with Crippen LogP contribution in [0.25, 0.3) is 0 Å². The van der Waals surface area contributed by atoms with Gasteiger partial charge in [-0.05, 0) is 24.1 Å². The molecule has 3 rings (SSSR count). The number of thioether (sulfide) groups is 1. The standard InChI is InChI=1S/C19H30N4OS/c1-20-19(22(2)14-17-7-10-24-15-17)21-13-16-3-5-18(6-4-16)23-8-11-25-12-9-23/h3-6,17H,7-15H2,1-2H3,(H,20,21). The predicted octanol–water partition coefficient (Wildman–Crippen LogP) is 2.28. The smallest absolute Gasteiger partial charge is 0.193 e. The molecule has 1 atom stereocenters. The van der Waals surface area contributed by atoms with E-state index in [1.807, 2.05) is 18.8 Å². The van der Waals surface area contributed by atoms with E-state index in [9.17, 15) is 0 Å². The summed E-state index contributed by atoms with van der Waals surface area (Å²) in [5.41, 5.74) is 2.63. The maximum atomic E-state index is 5.47. The fraction of sp³-hybridized carbons (Fsp3) is 0.632. The molecule has 0 aromatic heterocycles. The average Bonchev–Trinajstić information content (AvgIpc) is 3.16.